The van der Waals surface area contributed by atoms with Gasteiger partial charge in [0.2, 0.25) is 0 Å². The van der Waals surface area contributed by atoms with Gasteiger partial charge in [-0.2, -0.15) is 0 Å². The van der Waals surface area contributed by atoms with Crippen LogP contribution in [-0.2, 0) is 0 Å². The predicted octanol–water partition coefficient (Wildman–Crippen LogP) is 2.57. The third-order valence-corrected chi connectivity index (χ3v) is 2.30. The summed E-state index contributed by atoms with van der Waals surface area (Å²) in [6.07, 6.45) is 0. The number of halogens is 1. The second kappa shape index (κ2) is 3.84. The molecule has 74 valence electrons. The van der Waals surface area contributed by atoms with Crippen molar-refractivity contribution in [2.45, 2.75) is 13.8 Å². The van der Waals surface area contributed by atoms with E-state index in [9.17, 15) is 4.79 Å². The van der Waals surface area contributed by atoms with E-state index in [-0.39, 0.29) is 17.8 Å². The molecule has 0 aliphatic rings. The molecule has 0 bridgehead atoms. The molecule has 0 fully saturated rings. The van der Waals surface area contributed by atoms with E-state index in [4.69, 9.17) is 0 Å². The van der Waals surface area contributed by atoms with Gasteiger partial charge in [0.15, 0.2) is 5.43 Å². The maximum atomic E-state index is 11.1. The summed E-state index contributed by atoms with van der Waals surface area (Å²) in [6.45, 7) is 4.03. The third kappa shape index (κ3) is 1.66. The van der Waals surface area contributed by atoms with Gasteiger partial charge in [0.05, 0.1) is 0 Å². The average molecular weight is 210 g/mol. The van der Waals surface area contributed by atoms with Crippen molar-refractivity contribution in [3.05, 3.63) is 45.9 Å². The first-order valence-corrected chi connectivity index (χ1v) is 4.28. The second-order valence-electron chi connectivity index (χ2n) is 3.27. The summed E-state index contributed by atoms with van der Waals surface area (Å²) in [6, 6.07) is 6.94. The van der Waals surface area contributed by atoms with E-state index in [1.165, 1.54) is 0 Å². The molecule has 1 aromatic heterocycles. The topological polar surface area (TPSA) is 32.9 Å². The molecule has 1 heterocycles. The Morgan fingerprint density at radius 2 is 1.36 bits per heavy atom. The molecule has 2 nitrogen and oxygen atoms in total. The minimum atomic E-state index is 0. The minimum absolute atomic E-state index is 0. The van der Waals surface area contributed by atoms with E-state index in [2.05, 4.69) is 4.98 Å². The molecule has 0 saturated heterocycles. The first-order chi connectivity index (χ1) is 6.18. The zero-order valence-electron chi connectivity index (χ0n) is 8.13. The van der Waals surface area contributed by atoms with Gasteiger partial charge in [0.25, 0.3) is 0 Å². The van der Waals surface area contributed by atoms with Crippen molar-refractivity contribution in [1.29, 1.82) is 0 Å². The van der Waals surface area contributed by atoms with E-state index in [1.54, 1.807) is 12.1 Å². The lowest BCUT2D eigenvalue weighted by atomic mass is 10.2. The van der Waals surface area contributed by atoms with Gasteiger partial charge in [0, 0.05) is 22.2 Å². The number of aromatic amines is 1. The highest BCUT2D eigenvalue weighted by atomic mass is 35.5. The fourth-order valence-electron chi connectivity index (χ4n) is 1.64. The van der Waals surface area contributed by atoms with Gasteiger partial charge in [0.1, 0.15) is 0 Å². The number of fused-ring (bicyclic) bond motifs is 1. The summed E-state index contributed by atoms with van der Waals surface area (Å²) in [5.41, 5.74) is 2.28. The lowest BCUT2D eigenvalue weighted by Crippen LogP contribution is -1.87. The molecular weight excluding hydrogens is 198 g/mol. The van der Waals surface area contributed by atoms with Crippen molar-refractivity contribution in [3.63, 3.8) is 0 Å². The SMILES string of the molecule is Cc1[nH]c(C)c2ccc(=O)ccc12.Cl. The van der Waals surface area contributed by atoms with Crippen LogP contribution in [0.3, 0.4) is 0 Å². The molecule has 0 saturated carbocycles. The van der Waals surface area contributed by atoms with Gasteiger partial charge in [-0.1, -0.05) is 0 Å². The first-order valence-electron chi connectivity index (χ1n) is 4.28. The van der Waals surface area contributed by atoms with Crippen LogP contribution in [0.15, 0.2) is 29.1 Å². The standard InChI is InChI=1S/C11H11NO.ClH/c1-7-10-5-3-9(13)4-6-11(10)8(2)12-7;/h3-6,12H,1-2H3;1H. The Morgan fingerprint density at radius 1 is 0.929 bits per heavy atom. The van der Waals surface area contributed by atoms with Gasteiger partial charge >= 0.3 is 0 Å². The van der Waals surface area contributed by atoms with E-state index < -0.39 is 0 Å². The van der Waals surface area contributed by atoms with Crippen LogP contribution in [0, 0.1) is 13.8 Å². The average Bonchev–Trinajstić information content (AvgIpc) is 2.27. The van der Waals surface area contributed by atoms with Crippen LogP contribution >= 0.6 is 12.4 Å². The van der Waals surface area contributed by atoms with E-state index >= 15 is 0 Å². The van der Waals surface area contributed by atoms with Gasteiger partial charge in [-0.15, -0.1) is 12.4 Å². The maximum absolute atomic E-state index is 11.1. The van der Waals surface area contributed by atoms with Crippen LogP contribution in [0.1, 0.15) is 11.4 Å². The Kier molecular flexibility index (Phi) is 2.96. The van der Waals surface area contributed by atoms with Crippen molar-refractivity contribution < 1.29 is 0 Å². The van der Waals surface area contributed by atoms with Crippen LogP contribution in [-0.4, -0.2) is 4.98 Å². The lowest BCUT2D eigenvalue weighted by Gasteiger charge is -1.81. The monoisotopic (exact) mass is 209 g/mol. The Bertz CT molecular complexity index is 473. The predicted molar refractivity (Wildman–Crippen MR) is 61.3 cm³/mol. The number of H-pyrrole nitrogens is 1. The van der Waals surface area contributed by atoms with E-state index in [0.717, 1.165) is 22.2 Å². The zero-order chi connectivity index (χ0) is 9.42. The van der Waals surface area contributed by atoms with Crippen molar-refractivity contribution in [1.82, 2.24) is 4.98 Å². The highest BCUT2D eigenvalue weighted by Gasteiger charge is 2.00. The lowest BCUT2D eigenvalue weighted by molar-refractivity contribution is 1.20. The molecule has 0 aliphatic carbocycles. The molecule has 14 heavy (non-hydrogen) atoms. The number of rotatable bonds is 0. The molecule has 0 radical (unpaired) electrons. The van der Waals surface area contributed by atoms with Crippen molar-refractivity contribution in [2.24, 2.45) is 0 Å². The Morgan fingerprint density at radius 3 is 1.79 bits per heavy atom. The van der Waals surface area contributed by atoms with Crippen molar-refractivity contribution >= 4 is 23.2 Å². The molecule has 2 aromatic rings. The van der Waals surface area contributed by atoms with Gasteiger partial charge in [-0.25, -0.2) is 0 Å². The summed E-state index contributed by atoms with van der Waals surface area (Å²) < 4.78 is 0. The Labute approximate surface area is 88.4 Å². The van der Waals surface area contributed by atoms with Gasteiger partial charge in [-0.05, 0) is 38.1 Å². The summed E-state index contributed by atoms with van der Waals surface area (Å²) in [5.74, 6) is 0. The molecule has 0 aliphatic heterocycles. The largest absolute Gasteiger partial charge is 0.362 e. The molecule has 0 unspecified atom stereocenters. The summed E-state index contributed by atoms with van der Waals surface area (Å²) >= 11 is 0. The smallest absolute Gasteiger partial charge is 0.178 e. The third-order valence-electron chi connectivity index (χ3n) is 2.30. The number of aryl methyl sites for hydroxylation is 2. The van der Waals surface area contributed by atoms with Crippen LogP contribution < -0.4 is 5.43 Å². The molecule has 3 heteroatoms. The van der Waals surface area contributed by atoms with Crippen molar-refractivity contribution in [3.8, 4) is 0 Å². The molecule has 0 spiro atoms. The number of nitrogens with one attached hydrogen (secondary N) is 1. The summed E-state index contributed by atoms with van der Waals surface area (Å²) in [4.78, 5) is 14.3. The molecule has 0 amide bonds. The second-order valence-corrected chi connectivity index (χ2v) is 3.27. The first kappa shape index (κ1) is 10.8. The van der Waals surface area contributed by atoms with E-state index in [0.29, 0.717) is 0 Å². The van der Waals surface area contributed by atoms with Gasteiger partial charge < -0.3 is 4.98 Å². The molecule has 0 atom stereocenters. The van der Waals surface area contributed by atoms with Crippen LogP contribution in [0.2, 0.25) is 0 Å². The summed E-state index contributed by atoms with van der Waals surface area (Å²) in [5, 5.41) is 2.25. The van der Waals surface area contributed by atoms with Crippen molar-refractivity contribution in [2.75, 3.05) is 0 Å². The number of hydrogen-bond acceptors (Lipinski definition) is 1. The number of aromatic nitrogens is 1. The van der Waals surface area contributed by atoms with Crippen LogP contribution in [0.4, 0.5) is 0 Å². The Balaban J connectivity index is 0.000000980. The Hall–Kier alpha value is -1.28. The van der Waals surface area contributed by atoms with E-state index in [1.807, 2.05) is 26.0 Å². The molecule has 2 rings (SSSR count). The number of hydrogen-bond donors (Lipinski definition) is 1. The molecular formula is C11H12ClNO. The zero-order valence-corrected chi connectivity index (χ0v) is 8.94. The quantitative estimate of drug-likeness (QED) is 0.711. The fourth-order valence-corrected chi connectivity index (χ4v) is 1.64. The minimum Gasteiger partial charge on any atom is -0.362 e. The van der Waals surface area contributed by atoms with Crippen LogP contribution in [0.5, 0.6) is 0 Å². The highest BCUT2D eigenvalue weighted by Crippen LogP contribution is 2.18. The fraction of sp³-hybridized carbons (Fsp3) is 0.182. The van der Waals surface area contributed by atoms with Crippen LogP contribution in [0.25, 0.3) is 10.8 Å². The summed E-state index contributed by atoms with van der Waals surface area (Å²) in [7, 11) is 0. The highest BCUT2D eigenvalue weighted by molar-refractivity contribution is 5.87. The molecule has 1 aromatic carbocycles. The van der Waals surface area contributed by atoms with Gasteiger partial charge in [-0.3, -0.25) is 4.79 Å². The molecule has 1 N–H and O–H groups in total. The normalized spacial score (nSPS) is 9.86. The maximum Gasteiger partial charge on any atom is 0.178 e.